The van der Waals surface area contributed by atoms with Gasteiger partial charge in [0, 0.05) is 10.9 Å². The van der Waals surface area contributed by atoms with E-state index in [-0.39, 0.29) is 12.2 Å². The van der Waals surface area contributed by atoms with Crippen LogP contribution in [0.4, 0.5) is 0 Å². The van der Waals surface area contributed by atoms with Crippen molar-refractivity contribution >= 4 is 27.7 Å². The molecule has 1 heterocycles. The fraction of sp³-hybridized carbons (Fsp3) is 0.333. The highest BCUT2D eigenvalue weighted by atomic mass is 79.9. The molecule has 0 spiro atoms. The summed E-state index contributed by atoms with van der Waals surface area (Å²) in [5.41, 5.74) is 1.21. The van der Waals surface area contributed by atoms with E-state index < -0.39 is 11.8 Å². The number of Topliss-reactive ketones (excluding diaryl/α,β-unsaturated/α-hetero) is 1. The number of carbonyl (C=O) groups excluding carboxylic acids is 2. The van der Waals surface area contributed by atoms with Crippen LogP contribution in [-0.4, -0.2) is 25.0 Å². The van der Waals surface area contributed by atoms with Crippen LogP contribution in [0.5, 0.6) is 5.75 Å². The van der Waals surface area contributed by atoms with Crippen molar-refractivity contribution in [2.45, 2.75) is 13.3 Å². The zero-order chi connectivity index (χ0) is 12.4. The van der Waals surface area contributed by atoms with Crippen LogP contribution in [0, 0.1) is 0 Å². The largest absolute Gasteiger partial charge is 0.492 e. The van der Waals surface area contributed by atoms with Crippen molar-refractivity contribution in [3.8, 4) is 5.75 Å². The quantitative estimate of drug-likeness (QED) is 0.487. The minimum absolute atomic E-state index is 0.182. The van der Waals surface area contributed by atoms with Gasteiger partial charge >= 0.3 is 5.97 Å². The third kappa shape index (κ3) is 2.34. The Labute approximate surface area is 107 Å². The highest BCUT2D eigenvalue weighted by molar-refractivity contribution is 9.10. The molecule has 0 amide bonds. The summed E-state index contributed by atoms with van der Waals surface area (Å²) in [6.45, 7) is 2.38. The standard InChI is InChI=1S/C12H11BrO4/c1-2-16-12(15)10(14)9-6-8(13)5-7-3-4-17-11(7)9/h5-6H,2-4H2,1H3. The normalized spacial score (nSPS) is 12.8. The lowest BCUT2D eigenvalue weighted by atomic mass is 10.0. The second kappa shape index (κ2) is 4.87. The molecular weight excluding hydrogens is 288 g/mol. The summed E-state index contributed by atoms with van der Waals surface area (Å²) in [4.78, 5) is 23.3. The summed E-state index contributed by atoms with van der Waals surface area (Å²) in [5.74, 6) is -0.999. The third-order valence-electron chi connectivity index (χ3n) is 2.45. The van der Waals surface area contributed by atoms with E-state index in [4.69, 9.17) is 9.47 Å². The molecule has 1 aliphatic rings. The Morgan fingerprint density at radius 1 is 1.47 bits per heavy atom. The number of ether oxygens (including phenoxy) is 2. The lowest BCUT2D eigenvalue weighted by Gasteiger charge is -2.07. The van der Waals surface area contributed by atoms with Gasteiger partial charge in [-0.15, -0.1) is 0 Å². The molecule has 4 nitrogen and oxygen atoms in total. The van der Waals surface area contributed by atoms with Crippen molar-refractivity contribution in [3.05, 3.63) is 27.7 Å². The molecule has 0 radical (unpaired) electrons. The Kier molecular flexibility index (Phi) is 3.47. The number of halogens is 1. The molecule has 90 valence electrons. The molecule has 17 heavy (non-hydrogen) atoms. The lowest BCUT2D eigenvalue weighted by molar-refractivity contribution is -0.137. The highest BCUT2D eigenvalue weighted by Gasteiger charge is 2.26. The lowest BCUT2D eigenvalue weighted by Crippen LogP contribution is -2.18. The van der Waals surface area contributed by atoms with Gasteiger partial charge in [-0.05, 0) is 24.6 Å². The van der Waals surface area contributed by atoms with Gasteiger partial charge in [-0.1, -0.05) is 15.9 Å². The molecule has 0 unspecified atom stereocenters. The average Bonchev–Trinajstić information content (AvgIpc) is 2.75. The second-order valence-electron chi connectivity index (χ2n) is 3.59. The van der Waals surface area contributed by atoms with E-state index in [2.05, 4.69) is 15.9 Å². The topological polar surface area (TPSA) is 52.6 Å². The van der Waals surface area contributed by atoms with Gasteiger partial charge in [0.2, 0.25) is 0 Å². The van der Waals surface area contributed by atoms with E-state index in [9.17, 15) is 9.59 Å². The van der Waals surface area contributed by atoms with Gasteiger partial charge in [0.05, 0.1) is 18.8 Å². The number of hydrogen-bond donors (Lipinski definition) is 0. The maximum Gasteiger partial charge on any atom is 0.379 e. The summed E-state index contributed by atoms with van der Waals surface area (Å²) in [6.07, 6.45) is 0.748. The van der Waals surface area contributed by atoms with Crippen molar-refractivity contribution in [2.75, 3.05) is 13.2 Å². The monoisotopic (exact) mass is 298 g/mol. The van der Waals surface area contributed by atoms with Gasteiger partial charge in [-0.25, -0.2) is 4.79 Å². The summed E-state index contributed by atoms with van der Waals surface area (Å²) >= 11 is 3.31. The second-order valence-corrected chi connectivity index (χ2v) is 4.51. The summed E-state index contributed by atoms with van der Waals surface area (Å²) in [5, 5.41) is 0. The molecule has 0 aromatic heterocycles. The van der Waals surface area contributed by atoms with Crippen LogP contribution in [0.25, 0.3) is 0 Å². The average molecular weight is 299 g/mol. The first-order chi connectivity index (χ1) is 8.13. The minimum atomic E-state index is -0.844. The van der Waals surface area contributed by atoms with Crippen LogP contribution in [0.2, 0.25) is 0 Å². The molecule has 0 bridgehead atoms. The first-order valence-electron chi connectivity index (χ1n) is 5.30. The highest BCUT2D eigenvalue weighted by Crippen LogP contribution is 2.33. The molecular formula is C12H11BrO4. The maximum absolute atomic E-state index is 11.9. The van der Waals surface area contributed by atoms with E-state index in [1.165, 1.54) is 0 Å². The van der Waals surface area contributed by atoms with Crippen molar-refractivity contribution in [1.29, 1.82) is 0 Å². The Morgan fingerprint density at radius 2 is 2.24 bits per heavy atom. The summed E-state index contributed by atoms with van der Waals surface area (Å²) in [6, 6.07) is 3.48. The van der Waals surface area contributed by atoms with Crippen LogP contribution >= 0.6 is 15.9 Å². The number of benzene rings is 1. The molecule has 0 atom stereocenters. The van der Waals surface area contributed by atoms with Gasteiger partial charge in [0.1, 0.15) is 5.75 Å². The van der Waals surface area contributed by atoms with Crippen molar-refractivity contribution in [2.24, 2.45) is 0 Å². The van der Waals surface area contributed by atoms with Gasteiger partial charge in [0.15, 0.2) is 0 Å². The zero-order valence-corrected chi connectivity index (χ0v) is 10.9. The molecule has 1 aromatic rings. The number of carbonyl (C=O) groups is 2. The van der Waals surface area contributed by atoms with Gasteiger partial charge < -0.3 is 9.47 Å². The van der Waals surface area contributed by atoms with Crippen LogP contribution in [0.1, 0.15) is 22.8 Å². The molecule has 0 saturated heterocycles. The van der Waals surface area contributed by atoms with Crippen LogP contribution in [0.15, 0.2) is 16.6 Å². The minimum Gasteiger partial charge on any atom is -0.492 e. The van der Waals surface area contributed by atoms with E-state index in [0.29, 0.717) is 12.4 Å². The van der Waals surface area contributed by atoms with Crippen LogP contribution in [-0.2, 0) is 16.0 Å². The van der Waals surface area contributed by atoms with E-state index in [1.54, 1.807) is 13.0 Å². The van der Waals surface area contributed by atoms with Gasteiger partial charge in [-0.3, -0.25) is 4.79 Å². The number of esters is 1. The van der Waals surface area contributed by atoms with Crippen molar-refractivity contribution < 1.29 is 19.1 Å². The van der Waals surface area contributed by atoms with Crippen molar-refractivity contribution in [1.82, 2.24) is 0 Å². The third-order valence-corrected chi connectivity index (χ3v) is 2.91. The fourth-order valence-electron chi connectivity index (χ4n) is 1.74. The predicted molar refractivity (Wildman–Crippen MR) is 64.3 cm³/mol. The SMILES string of the molecule is CCOC(=O)C(=O)c1cc(Br)cc2c1OCC2. The zero-order valence-electron chi connectivity index (χ0n) is 9.29. The molecule has 0 fully saturated rings. The van der Waals surface area contributed by atoms with Gasteiger partial charge in [-0.2, -0.15) is 0 Å². The van der Waals surface area contributed by atoms with Crippen LogP contribution in [0.3, 0.4) is 0 Å². The Hall–Kier alpha value is -1.36. The molecule has 0 N–H and O–H groups in total. The Morgan fingerprint density at radius 3 is 2.94 bits per heavy atom. The maximum atomic E-state index is 11.9. The first kappa shape index (κ1) is 12.1. The number of fused-ring (bicyclic) bond motifs is 1. The molecule has 1 aliphatic heterocycles. The Bertz CT molecular complexity index is 482. The smallest absolute Gasteiger partial charge is 0.379 e. The Balaban J connectivity index is 2.39. The predicted octanol–water partition coefficient (Wildman–Crippen LogP) is 2.13. The summed E-state index contributed by atoms with van der Waals surface area (Å²) in [7, 11) is 0. The fourth-order valence-corrected chi connectivity index (χ4v) is 2.25. The molecule has 1 aromatic carbocycles. The van der Waals surface area contributed by atoms with Gasteiger partial charge in [0.25, 0.3) is 5.78 Å². The molecule has 5 heteroatoms. The number of hydrogen-bond acceptors (Lipinski definition) is 4. The number of rotatable bonds is 3. The van der Waals surface area contributed by atoms with E-state index in [0.717, 1.165) is 16.5 Å². The summed E-state index contributed by atoms with van der Waals surface area (Å²) < 4.78 is 10.8. The van der Waals surface area contributed by atoms with Crippen LogP contribution < -0.4 is 4.74 Å². The van der Waals surface area contributed by atoms with E-state index in [1.807, 2.05) is 6.07 Å². The number of ketones is 1. The van der Waals surface area contributed by atoms with Crippen molar-refractivity contribution in [3.63, 3.8) is 0 Å². The molecule has 0 aliphatic carbocycles. The molecule has 0 saturated carbocycles. The molecule has 2 rings (SSSR count). The van der Waals surface area contributed by atoms with E-state index >= 15 is 0 Å². The first-order valence-corrected chi connectivity index (χ1v) is 6.09.